The van der Waals surface area contributed by atoms with E-state index in [0.29, 0.717) is 12.8 Å². The molecule has 0 aliphatic carbocycles. The molecule has 5 nitrogen and oxygen atoms in total. The zero-order valence-corrected chi connectivity index (χ0v) is 11.9. The summed E-state index contributed by atoms with van der Waals surface area (Å²) in [6, 6.07) is 6.48. The largest absolute Gasteiger partial charge is 0.454 e. The van der Waals surface area contributed by atoms with Gasteiger partial charge < -0.3 is 19.5 Å². The first kappa shape index (κ1) is 13.7. The van der Waals surface area contributed by atoms with Gasteiger partial charge in [0.15, 0.2) is 11.5 Å². The van der Waals surface area contributed by atoms with Gasteiger partial charge in [0.2, 0.25) is 6.79 Å². The number of hydrogen-bond donors (Lipinski definition) is 1. The van der Waals surface area contributed by atoms with Crippen LogP contribution in [-0.2, 0) is 11.3 Å². The minimum Gasteiger partial charge on any atom is -0.454 e. The smallest absolute Gasteiger partial charge is 0.231 e. The van der Waals surface area contributed by atoms with Crippen LogP contribution in [-0.4, -0.2) is 50.6 Å². The average Bonchev–Trinajstić information content (AvgIpc) is 2.95. The van der Waals surface area contributed by atoms with Crippen LogP contribution in [0.3, 0.4) is 0 Å². The summed E-state index contributed by atoms with van der Waals surface area (Å²) in [7, 11) is 0. The van der Waals surface area contributed by atoms with E-state index in [9.17, 15) is 0 Å². The third-order valence-corrected chi connectivity index (χ3v) is 3.75. The summed E-state index contributed by atoms with van der Waals surface area (Å²) in [6.07, 6.45) is 0. The number of hydrogen-bond acceptors (Lipinski definition) is 5. The van der Waals surface area contributed by atoms with Crippen molar-refractivity contribution in [3.8, 4) is 11.5 Å². The van der Waals surface area contributed by atoms with Crippen molar-refractivity contribution < 1.29 is 14.2 Å². The fourth-order valence-electron chi connectivity index (χ4n) is 2.65. The molecule has 5 heteroatoms. The van der Waals surface area contributed by atoms with Gasteiger partial charge in [0.05, 0.1) is 13.2 Å². The maximum atomic E-state index is 5.52. The van der Waals surface area contributed by atoms with Crippen molar-refractivity contribution in [3.63, 3.8) is 0 Å². The lowest BCUT2D eigenvalue weighted by Gasteiger charge is -2.29. The molecule has 0 amide bonds. The van der Waals surface area contributed by atoms with Crippen LogP contribution >= 0.6 is 0 Å². The predicted octanol–water partition coefficient (Wildman–Crippen LogP) is 1.23. The maximum absolute atomic E-state index is 5.52. The molecule has 1 unspecified atom stereocenters. The van der Waals surface area contributed by atoms with Crippen molar-refractivity contribution in [1.82, 2.24) is 10.2 Å². The van der Waals surface area contributed by atoms with E-state index in [4.69, 9.17) is 14.2 Å². The number of nitrogens with zero attached hydrogens (tertiary/aromatic N) is 1. The van der Waals surface area contributed by atoms with E-state index in [1.807, 2.05) is 12.1 Å². The van der Waals surface area contributed by atoms with Gasteiger partial charge in [-0.05, 0) is 13.0 Å². The quantitative estimate of drug-likeness (QED) is 0.877. The molecule has 0 aromatic heterocycles. The third kappa shape index (κ3) is 3.23. The molecular formula is C15H22N2O3. The van der Waals surface area contributed by atoms with E-state index in [1.54, 1.807) is 0 Å². The maximum Gasteiger partial charge on any atom is 0.231 e. The van der Waals surface area contributed by atoms with Crippen molar-refractivity contribution in [3.05, 3.63) is 23.8 Å². The standard InChI is InChI=1S/C15H22N2O3/c1-12(10-17-5-7-18-8-6-17)16-9-13-3-2-4-14-15(13)20-11-19-14/h2-4,12,16H,5-11H2,1H3. The SMILES string of the molecule is CC(CN1CCOCC1)NCc1cccc2c1OCO2. The minimum absolute atomic E-state index is 0.329. The summed E-state index contributed by atoms with van der Waals surface area (Å²) in [4.78, 5) is 2.44. The topological polar surface area (TPSA) is 43.0 Å². The number of para-hydroxylation sites is 1. The Hall–Kier alpha value is -1.30. The predicted molar refractivity (Wildman–Crippen MR) is 76.1 cm³/mol. The highest BCUT2D eigenvalue weighted by Gasteiger charge is 2.18. The molecule has 0 radical (unpaired) electrons. The molecule has 1 saturated heterocycles. The molecule has 1 atom stereocenters. The normalized spacial score (nSPS) is 20.1. The summed E-state index contributed by atoms with van der Waals surface area (Å²) in [5, 5.41) is 3.56. The van der Waals surface area contributed by atoms with Crippen LogP contribution in [0, 0.1) is 0 Å². The Morgan fingerprint density at radius 2 is 2.10 bits per heavy atom. The van der Waals surface area contributed by atoms with Crippen molar-refractivity contribution in [2.45, 2.75) is 19.5 Å². The molecule has 3 rings (SSSR count). The van der Waals surface area contributed by atoms with Gasteiger partial charge >= 0.3 is 0 Å². The fraction of sp³-hybridized carbons (Fsp3) is 0.600. The van der Waals surface area contributed by atoms with E-state index < -0.39 is 0 Å². The number of fused-ring (bicyclic) bond motifs is 1. The summed E-state index contributed by atoms with van der Waals surface area (Å²) in [6.45, 7) is 8.17. The fourth-order valence-corrected chi connectivity index (χ4v) is 2.65. The molecular weight excluding hydrogens is 256 g/mol. The van der Waals surface area contributed by atoms with Crippen LogP contribution in [0.5, 0.6) is 11.5 Å². The lowest BCUT2D eigenvalue weighted by molar-refractivity contribution is 0.0343. The highest BCUT2D eigenvalue weighted by atomic mass is 16.7. The van der Waals surface area contributed by atoms with Crippen LogP contribution in [0.15, 0.2) is 18.2 Å². The van der Waals surface area contributed by atoms with Gasteiger partial charge in [0.25, 0.3) is 0 Å². The van der Waals surface area contributed by atoms with Crippen LogP contribution in [0.2, 0.25) is 0 Å². The molecule has 110 valence electrons. The lowest BCUT2D eigenvalue weighted by atomic mass is 10.1. The Morgan fingerprint density at radius 3 is 2.95 bits per heavy atom. The molecule has 1 fully saturated rings. The summed E-state index contributed by atoms with van der Waals surface area (Å²) < 4.78 is 16.3. The summed E-state index contributed by atoms with van der Waals surface area (Å²) in [5.41, 5.74) is 1.16. The van der Waals surface area contributed by atoms with E-state index in [0.717, 1.165) is 56.5 Å². The molecule has 20 heavy (non-hydrogen) atoms. The molecule has 1 N–H and O–H groups in total. The zero-order chi connectivity index (χ0) is 13.8. The van der Waals surface area contributed by atoms with Crippen molar-refractivity contribution in [2.24, 2.45) is 0 Å². The van der Waals surface area contributed by atoms with Gasteiger partial charge in [0, 0.05) is 37.8 Å². The van der Waals surface area contributed by atoms with Gasteiger partial charge in [-0.15, -0.1) is 0 Å². The number of rotatable bonds is 5. The highest BCUT2D eigenvalue weighted by molar-refractivity contribution is 5.48. The number of nitrogens with one attached hydrogen (secondary N) is 1. The second-order valence-electron chi connectivity index (χ2n) is 5.35. The van der Waals surface area contributed by atoms with Gasteiger partial charge in [0.1, 0.15) is 0 Å². The van der Waals surface area contributed by atoms with Crippen LogP contribution in [0.1, 0.15) is 12.5 Å². The Labute approximate surface area is 119 Å². The second-order valence-corrected chi connectivity index (χ2v) is 5.35. The van der Waals surface area contributed by atoms with Crippen LogP contribution in [0.4, 0.5) is 0 Å². The summed E-state index contributed by atoms with van der Waals surface area (Å²) >= 11 is 0. The molecule has 0 bridgehead atoms. The lowest BCUT2D eigenvalue weighted by Crippen LogP contribution is -2.44. The third-order valence-electron chi connectivity index (χ3n) is 3.75. The Balaban J connectivity index is 1.50. The molecule has 0 spiro atoms. The Kier molecular flexibility index (Phi) is 4.40. The van der Waals surface area contributed by atoms with E-state index in [1.165, 1.54) is 0 Å². The minimum atomic E-state index is 0.329. The van der Waals surface area contributed by atoms with E-state index >= 15 is 0 Å². The van der Waals surface area contributed by atoms with E-state index in [2.05, 4.69) is 23.2 Å². The molecule has 1 aromatic carbocycles. The van der Waals surface area contributed by atoms with Crippen molar-refractivity contribution in [2.75, 3.05) is 39.6 Å². The van der Waals surface area contributed by atoms with Gasteiger partial charge in [-0.25, -0.2) is 0 Å². The monoisotopic (exact) mass is 278 g/mol. The van der Waals surface area contributed by atoms with Crippen molar-refractivity contribution in [1.29, 1.82) is 0 Å². The number of morpholine rings is 1. The first-order valence-electron chi connectivity index (χ1n) is 7.24. The van der Waals surface area contributed by atoms with Gasteiger partial charge in [-0.1, -0.05) is 12.1 Å². The molecule has 1 aromatic rings. The van der Waals surface area contributed by atoms with Crippen LogP contribution < -0.4 is 14.8 Å². The second kappa shape index (κ2) is 6.43. The van der Waals surface area contributed by atoms with Gasteiger partial charge in [-0.3, -0.25) is 4.90 Å². The summed E-state index contributed by atoms with van der Waals surface area (Å²) in [5.74, 6) is 1.74. The molecule has 2 aliphatic heterocycles. The van der Waals surface area contributed by atoms with Crippen molar-refractivity contribution >= 4 is 0 Å². The Bertz CT molecular complexity index is 447. The molecule has 2 heterocycles. The van der Waals surface area contributed by atoms with E-state index in [-0.39, 0.29) is 0 Å². The van der Waals surface area contributed by atoms with Crippen LogP contribution in [0.25, 0.3) is 0 Å². The average molecular weight is 278 g/mol. The molecule has 2 aliphatic rings. The zero-order valence-electron chi connectivity index (χ0n) is 11.9. The first-order valence-corrected chi connectivity index (χ1v) is 7.24. The highest BCUT2D eigenvalue weighted by Crippen LogP contribution is 2.35. The first-order chi connectivity index (χ1) is 9.83. The Morgan fingerprint density at radius 1 is 1.25 bits per heavy atom. The number of ether oxygens (including phenoxy) is 3. The van der Waals surface area contributed by atoms with Gasteiger partial charge in [-0.2, -0.15) is 0 Å². The number of benzene rings is 1. The molecule has 0 saturated carbocycles.